The number of amides is 1. The standard InChI is InChI=1S/C16H23N3O2/c1-14(13-19-8-10-21-11-9-19)12-16(20)18-7-5-15-4-2-3-6-17-15/h2-4,6,12H,5,7-11,13H2,1H3,(H,18,20)/b14-12+. The van der Waals surface area contributed by atoms with Gasteiger partial charge in [0.15, 0.2) is 0 Å². The van der Waals surface area contributed by atoms with E-state index >= 15 is 0 Å². The molecule has 0 radical (unpaired) electrons. The quantitative estimate of drug-likeness (QED) is 0.795. The van der Waals surface area contributed by atoms with E-state index in [0.717, 1.165) is 50.5 Å². The Labute approximate surface area is 126 Å². The number of rotatable bonds is 6. The smallest absolute Gasteiger partial charge is 0.243 e. The lowest BCUT2D eigenvalue weighted by Crippen LogP contribution is -2.37. The Bertz CT molecular complexity index is 468. The summed E-state index contributed by atoms with van der Waals surface area (Å²) in [6.07, 6.45) is 4.21. The summed E-state index contributed by atoms with van der Waals surface area (Å²) in [5.74, 6) is -0.0308. The minimum Gasteiger partial charge on any atom is -0.379 e. The zero-order valence-corrected chi connectivity index (χ0v) is 12.5. The monoisotopic (exact) mass is 289 g/mol. The van der Waals surface area contributed by atoms with E-state index in [9.17, 15) is 4.79 Å². The van der Waals surface area contributed by atoms with Gasteiger partial charge in [0.1, 0.15) is 0 Å². The van der Waals surface area contributed by atoms with E-state index < -0.39 is 0 Å². The topological polar surface area (TPSA) is 54.5 Å². The van der Waals surface area contributed by atoms with E-state index in [4.69, 9.17) is 4.74 Å². The molecule has 2 heterocycles. The summed E-state index contributed by atoms with van der Waals surface area (Å²) in [4.78, 5) is 18.4. The summed E-state index contributed by atoms with van der Waals surface area (Å²) >= 11 is 0. The molecular weight excluding hydrogens is 266 g/mol. The Balaban J connectivity index is 1.68. The molecule has 1 amide bonds. The van der Waals surface area contributed by atoms with E-state index in [1.54, 1.807) is 12.3 Å². The van der Waals surface area contributed by atoms with Crippen molar-refractivity contribution in [2.75, 3.05) is 39.4 Å². The van der Waals surface area contributed by atoms with Crippen LogP contribution in [0, 0.1) is 0 Å². The molecule has 2 rings (SSSR count). The van der Waals surface area contributed by atoms with Crippen LogP contribution in [0.4, 0.5) is 0 Å². The average Bonchev–Trinajstić information content (AvgIpc) is 2.49. The lowest BCUT2D eigenvalue weighted by molar-refractivity contribution is -0.116. The van der Waals surface area contributed by atoms with Gasteiger partial charge in [0.25, 0.3) is 0 Å². The number of carbonyl (C=O) groups excluding carboxylic acids is 1. The van der Waals surface area contributed by atoms with E-state index in [2.05, 4.69) is 15.2 Å². The van der Waals surface area contributed by atoms with E-state index in [-0.39, 0.29) is 5.91 Å². The van der Waals surface area contributed by atoms with Gasteiger partial charge in [-0.1, -0.05) is 11.6 Å². The molecule has 1 N–H and O–H groups in total. The summed E-state index contributed by atoms with van der Waals surface area (Å²) in [7, 11) is 0. The minimum absolute atomic E-state index is 0.0308. The molecule has 5 heteroatoms. The molecule has 114 valence electrons. The fraction of sp³-hybridized carbons (Fsp3) is 0.500. The second-order valence-electron chi connectivity index (χ2n) is 5.24. The molecule has 21 heavy (non-hydrogen) atoms. The Hall–Kier alpha value is -1.72. The van der Waals surface area contributed by atoms with Crippen molar-refractivity contribution in [1.29, 1.82) is 0 Å². The summed E-state index contributed by atoms with van der Waals surface area (Å²) in [6.45, 7) is 6.87. The molecular formula is C16H23N3O2. The van der Waals surface area contributed by atoms with Crippen molar-refractivity contribution in [3.63, 3.8) is 0 Å². The molecule has 0 aliphatic carbocycles. The van der Waals surface area contributed by atoms with Crippen molar-refractivity contribution in [2.24, 2.45) is 0 Å². The first-order chi connectivity index (χ1) is 10.2. The Kier molecular flexibility index (Phi) is 6.37. The lowest BCUT2D eigenvalue weighted by Gasteiger charge is -2.26. The lowest BCUT2D eigenvalue weighted by atomic mass is 10.2. The average molecular weight is 289 g/mol. The highest BCUT2D eigenvalue weighted by Gasteiger charge is 2.10. The minimum atomic E-state index is -0.0308. The maximum Gasteiger partial charge on any atom is 0.243 e. The normalized spacial score (nSPS) is 16.7. The highest BCUT2D eigenvalue weighted by molar-refractivity contribution is 5.88. The van der Waals surface area contributed by atoms with Crippen LogP contribution in [0.5, 0.6) is 0 Å². The van der Waals surface area contributed by atoms with Crippen LogP contribution in [0.15, 0.2) is 36.0 Å². The van der Waals surface area contributed by atoms with Gasteiger partial charge in [0, 0.05) is 50.6 Å². The third-order valence-electron chi connectivity index (χ3n) is 3.36. The van der Waals surface area contributed by atoms with Crippen molar-refractivity contribution < 1.29 is 9.53 Å². The molecule has 0 atom stereocenters. The maximum atomic E-state index is 11.8. The molecule has 1 aromatic heterocycles. The summed E-state index contributed by atoms with van der Waals surface area (Å²) in [5, 5.41) is 2.90. The Morgan fingerprint density at radius 2 is 2.24 bits per heavy atom. The second kappa shape index (κ2) is 8.54. The molecule has 0 bridgehead atoms. The van der Waals surface area contributed by atoms with Crippen LogP contribution in [0.2, 0.25) is 0 Å². The first-order valence-corrected chi connectivity index (χ1v) is 7.39. The molecule has 0 saturated carbocycles. The van der Waals surface area contributed by atoms with Crippen LogP contribution < -0.4 is 5.32 Å². The number of nitrogens with one attached hydrogen (secondary N) is 1. The predicted octanol–water partition coefficient (Wildman–Crippen LogP) is 1.02. The van der Waals surface area contributed by atoms with Gasteiger partial charge in [-0.2, -0.15) is 0 Å². The zero-order valence-electron chi connectivity index (χ0n) is 12.5. The summed E-state index contributed by atoms with van der Waals surface area (Å²) < 4.78 is 5.31. The number of ether oxygens (including phenoxy) is 1. The molecule has 0 spiro atoms. The van der Waals surface area contributed by atoms with Crippen LogP contribution in [-0.2, 0) is 16.0 Å². The Morgan fingerprint density at radius 3 is 2.95 bits per heavy atom. The van der Waals surface area contributed by atoms with Crippen molar-refractivity contribution in [1.82, 2.24) is 15.2 Å². The number of hydrogen-bond acceptors (Lipinski definition) is 4. The zero-order chi connectivity index (χ0) is 14.9. The number of aromatic nitrogens is 1. The van der Waals surface area contributed by atoms with Gasteiger partial charge in [-0.3, -0.25) is 14.7 Å². The first kappa shape index (κ1) is 15.7. The van der Waals surface area contributed by atoms with Gasteiger partial charge in [-0.05, 0) is 19.1 Å². The number of pyridine rings is 1. The maximum absolute atomic E-state index is 11.8. The van der Waals surface area contributed by atoms with E-state index in [1.165, 1.54) is 0 Å². The van der Waals surface area contributed by atoms with Gasteiger partial charge >= 0.3 is 0 Å². The van der Waals surface area contributed by atoms with Crippen LogP contribution in [0.3, 0.4) is 0 Å². The molecule has 1 saturated heterocycles. The van der Waals surface area contributed by atoms with Crippen molar-refractivity contribution in [2.45, 2.75) is 13.3 Å². The van der Waals surface area contributed by atoms with Crippen LogP contribution in [0.25, 0.3) is 0 Å². The Morgan fingerprint density at radius 1 is 1.43 bits per heavy atom. The van der Waals surface area contributed by atoms with Gasteiger partial charge in [-0.25, -0.2) is 0 Å². The molecule has 1 aliphatic heterocycles. The van der Waals surface area contributed by atoms with Gasteiger partial charge in [0.2, 0.25) is 5.91 Å². The molecule has 0 aromatic carbocycles. The summed E-state index contributed by atoms with van der Waals surface area (Å²) in [5.41, 5.74) is 2.07. The van der Waals surface area contributed by atoms with Crippen molar-refractivity contribution in [3.05, 3.63) is 41.7 Å². The molecule has 1 fully saturated rings. The third kappa shape index (κ3) is 6.06. The van der Waals surface area contributed by atoms with Gasteiger partial charge in [0.05, 0.1) is 13.2 Å². The number of hydrogen-bond donors (Lipinski definition) is 1. The van der Waals surface area contributed by atoms with Gasteiger partial charge < -0.3 is 10.1 Å². The predicted molar refractivity (Wildman–Crippen MR) is 82.0 cm³/mol. The molecule has 0 unspecified atom stereocenters. The number of morpholine rings is 1. The number of nitrogens with zero attached hydrogens (tertiary/aromatic N) is 2. The highest BCUT2D eigenvalue weighted by atomic mass is 16.5. The van der Waals surface area contributed by atoms with Gasteiger partial charge in [-0.15, -0.1) is 0 Å². The van der Waals surface area contributed by atoms with Crippen LogP contribution in [0.1, 0.15) is 12.6 Å². The first-order valence-electron chi connectivity index (χ1n) is 7.39. The SMILES string of the molecule is C/C(=C\C(=O)NCCc1ccccn1)CN1CCOCC1. The van der Waals surface area contributed by atoms with Crippen LogP contribution in [-0.4, -0.2) is 55.2 Å². The van der Waals surface area contributed by atoms with Crippen LogP contribution >= 0.6 is 0 Å². The van der Waals surface area contributed by atoms with E-state index in [0.29, 0.717) is 6.54 Å². The van der Waals surface area contributed by atoms with Crippen molar-refractivity contribution >= 4 is 5.91 Å². The second-order valence-corrected chi connectivity index (χ2v) is 5.24. The number of carbonyl (C=O) groups is 1. The molecule has 1 aromatic rings. The highest BCUT2D eigenvalue weighted by Crippen LogP contribution is 2.02. The summed E-state index contributed by atoms with van der Waals surface area (Å²) in [6, 6.07) is 5.81. The molecule has 5 nitrogen and oxygen atoms in total. The van der Waals surface area contributed by atoms with E-state index in [1.807, 2.05) is 25.1 Å². The molecule has 1 aliphatic rings. The fourth-order valence-corrected chi connectivity index (χ4v) is 2.29. The fourth-order valence-electron chi connectivity index (χ4n) is 2.29. The third-order valence-corrected chi connectivity index (χ3v) is 3.36. The van der Waals surface area contributed by atoms with Crippen molar-refractivity contribution in [3.8, 4) is 0 Å². The largest absolute Gasteiger partial charge is 0.379 e.